The van der Waals surface area contributed by atoms with Gasteiger partial charge in [0.15, 0.2) is 5.60 Å². The Morgan fingerprint density at radius 1 is 1.22 bits per heavy atom. The summed E-state index contributed by atoms with van der Waals surface area (Å²) >= 11 is 0. The second-order valence-corrected chi connectivity index (χ2v) is 8.65. The van der Waals surface area contributed by atoms with Crippen molar-refractivity contribution in [2.24, 2.45) is 11.8 Å². The van der Waals surface area contributed by atoms with Crippen molar-refractivity contribution in [3.63, 3.8) is 0 Å². The first-order chi connectivity index (χ1) is 13.0. The molecule has 1 saturated carbocycles. The first-order valence-electron chi connectivity index (χ1n) is 10.8. The van der Waals surface area contributed by atoms with E-state index in [1.54, 1.807) is 0 Å². The quantitative estimate of drug-likeness (QED) is 0.695. The van der Waals surface area contributed by atoms with Gasteiger partial charge in [-0.1, -0.05) is 50.6 Å². The molecular formula is C23H36N2O2. The summed E-state index contributed by atoms with van der Waals surface area (Å²) in [7, 11) is 0. The van der Waals surface area contributed by atoms with E-state index in [2.05, 4.69) is 24.1 Å². The van der Waals surface area contributed by atoms with Crippen molar-refractivity contribution in [2.75, 3.05) is 19.6 Å². The minimum absolute atomic E-state index is 0.0561. The van der Waals surface area contributed by atoms with E-state index in [1.165, 1.54) is 25.8 Å². The van der Waals surface area contributed by atoms with Crippen LogP contribution in [0.3, 0.4) is 0 Å². The zero-order chi connectivity index (χ0) is 19.3. The standard InChI is InChI=1S/C23H36N2O2/c1-3-18(2)8-7-15-25-16-13-21(14-17-25)24-22(26)23(27,20-11-12-20)19-9-5-4-6-10-19/h4-6,9-10,18,20-21,27H,3,7-8,11-17H2,1-2H3,(H,24,26)/t18-,23?/m0/s1. The Morgan fingerprint density at radius 2 is 1.89 bits per heavy atom. The van der Waals surface area contributed by atoms with Crippen molar-refractivity contribution in [3.8, 4) is 0 Å². The molecule has 1 aromatic carbocycles. The summed E-state index contributed by atoms with van der Waals surface area (Å²) < 4.78 is 0. The van der Waals surface area contributed by atoms with Crippen LogP contribution >= 0.6 is 0 Å². The summed E-state index contributed by atoms with van der Waals surface area (Å²) in [5.74, 6) is 0.673. The lowest BCUT2D eigenvalue weighted by Gasteiger charge is -2.35. The third kappa shape index (κ3) is 5.11. The molecule has 0 spiro atoms. The minimum Gasteiger partial charge on any atom is -0.375 e. The van der Waals surface area contributed by atoms with Crippen LogP contribution in [-0.4, -0.2) is 41.6 Å². The fourth-order valence-corrected chi connectivity index (χ4v) is 4.21. The van der Waals surface area contributed by atoms with Crippen molar-refractivity contribution in [1.82, 2.24) is 10.2 Å². The normalized spacial score (nSPS) is 22.2. The van der Waals surface area contributed by atoms with E-state index >= 15 is 0 Å². The van der Waals surface area contributed by atoms with Gasteiger partial charge in [-0.25, -0.2) is 0 Å². The van der Waals surface area contributed by atoms with Crippen LogP contribution in [-0.2, 0) is 10.4 Å². The van der Waals surface area contributed by atoms with Crippen LogP contribution < -0.4 is 5.32 Å². The summed E-state index contributed by atoms with van der Waals surface area (Å²) in [5.41, 5.74) is -0.637. The van der Waals surface area contributed by atoms with E-state index in [-0.39, 0.29) is 17.9 Å². The number of benzene rings is 1. The number of aliphatic hydroxyl groups is 1. The van der Waals surface area contributed by atoms with Gasteiger partial charge >= 0.3 is 0 Å². The number of nitrogens with one attached hydrogen (secondary N) is 1. The van der Waals surface area contributed by atoms with Crippen LogP contribution in [0.5, 0.6) is 0 Å². The number of amides is 1. The van der Waals surface area contributed by atoms with Crippen LogP contribution in [0.2, 0.25) is 0 Å². The van der Waals surface area contributed by atoms with Crippen LogP contribution in [0.4, 0.5) is 0 Å². The van der Waals surface area contributed by atoms with Crippen LogP contribution in [0, 0.1) is 11.8 Å². The molecule has 1 aliphatic heterocycles. The number of likely N-dealkylation sites (tertiary alicyclic amines) is 1. The number of piperidine rings is 1. The molecule has 1 amide bonds. The minimum atomic E-state index is -1.37. The topological polar surface area (TPSA) is 52.6 Å². The predicted molar refractivity (Wildman–Crippen MR) is 109 cm³/mol. The molecule has 150 valence electrons. The monoisotopic (exact) mass is 372 g/mol. The van der Waals surface area contributed by atoms with Gasteiger partial charge < -0.3 is 15.3 Å². The Morgan fingerprint density at radius 3 is 2.48 bits per heavy atom. The van der Waals surface area contributed by atoms with Crippen molar-refractivity contribution in [2.45, 2.75) is 70.4 Å². The molecule has 4 nitrogen and oxygen atoms in total. The summed E-state index contributed by atoms with van der Waals surface area (Å²) in [6.07, 6.45) is 7.63. The molecule has 2 aliphatic rings. The van der Waals surface area contributed by atoms with Gasteiger partial charge in [0, 0.05) is 25.0 Å². The van der Waals surface area contributed by atoms with Crippen LogP contribution in [0.15, 0.2) is 30.3 Å². The molecule has 2 atom stereocenters. The second-order valence-electron chi connectivity index (χ2n) is 8.65. The van der Waals surface area contributed by atoms with Gasteiger partial charge in [-0.3, -0.25) is 4.79 Å². The van der Waals surface area contributed by atoms with E-state index in [0.717, 1.165) is 50.3 Å². The number of hydrogen-bond acceptors (Lipinski definition) is 3. The molecule has 2 fully saturated rings. The number of rotatable bonds is 9. The smallest absolute Gasteiger partial charge is 0.257 e. The predicted octanol–water partition coefficient (Wildman–Crippen LogP) is 3.69. The van der Waals surface area contributed by atoms with Gasteiger partial charge in [0.1, 0.15) is 0 Å². The Kier molecular flexibility index (Phi) is 6.93. The molecule has 4 heteroatoms. The Labute approximate surface area is 164 Å². The number of carbonyl (C=O) groups is 1. The van der Waals surface area contributed by atoms with Crippen molar-refractivity contribution < 1.29 is 9.90 Å². The summed E-state index contributed by atoms with van der Waals surface area (Å²) in [6.45, 7) is 7.84. The molecule has 0 bridgehead atoms. The Balaban J connectivity index is 1.49. The highest BCUT2D eigenvalue weighted by Crippen LogP contribution is 2.46. The zero-order valence-corrected chi connectivity index (χ0v) is 17.0. The Hall–Kier alpha value is -1.39. The highest BCUT2D eigenvalue weighted by atomic mass is 16.3. The third-order valence-corrected chi connectivity index (χ3v) is 6.52. The van der Waals surface area contributed by atoms with Crippen molar-refractivity contribution in [3.05, 3.63) is 35.9 Å². The second kappa shape index (κ2) is 9.20. The molecule has 0 aromatic heterocycles. The summed E-state index contributed by atoms with van der Waals surface area (Å²) in [5, 5.41) is 14.4. The molecule has 3 rings (SSSR count). The summed E-state index contributed by atoms with van der Waals surface area (Å²) in [4.78, 5) is 15.5. The first kappa shape index (κ1) is 20.3. The molecule has 27 heavy (non-hydrogen) atoms. The highest BCUT2D eigenvalue weighted by Gasteiger charge is 2.51. The van der Waals surface area contributed by atoms with E-state index in [0.29, 0.717) is 0 Å². The zero-order valence-electron chi connectivity index (χ0n) is 17.0. The lowest BCUT2D eigenvalue weighted by molar-refractivity contribution is -0.144. The molecule has 1 aliphatic carbocycles. The lowest BCUT2D eigenvalue weighted by Crippen LogP contribution is -2.52. The van der Waals surface area contributed by atoms with Gasteiger partial charge in [0.05, 0.1) is 0 Å². The van der Waals surface area contributed by atoms with E-state index in [4.69, 9.17) is 0 Å². The van der Waals surface area contributed by atoms with Gasteiger partial charge in [0.2, 0.25) is 0 Å². The maximum atomic E-state index is 13.0. The largest absolute Gasteiger partial charge is 0.375 e. The van der Waals surface area contributed by atoms with E-state index in [9.17, 15) is 9.90 Å². The van der Waals surface area contributed by atoms with Crippen molar-refractivity contribution >= 4 is 5.91 Å². The molecule has 1 heterocycles. The molecule has 0 radical (unpaired) electrons. The summed E-state index contributed by atoms with van der Waals surface area (Å²) in [6, 6.07) is 9.64. The average Bonchev–Trinajstić information content (AvgIpc) is 3.55. The van der Waals surface area contributed by atoms with Gasteiger partial charge in [-0.15, -0.1) is 0 Å². The van der Waals surface area contributed by atoms with Crippen molar-refractivity contribution in [1.29, 1.82) is 0 Å². The van der Waals surface area contributed by atoms with E-state index in [1.807, 2.05) is 30.3 Å². The fraction of sp³-hybridized carbons (Fsp3) is 0.696. The maximum absolute atomic E-state index is 13.0. The molecule has 2 N–H and O–H groups in total. The number of hydrogen-bond donors (Lipinski definition) is 2. The fourth-order valence-electron chi connectivity index (χ4n) is 4.21. The van der Waals surface area contributed by atoms with Crippen LogP contribution in [0.1, 0.15) is 64.4 Å². The van der Waals surface area contributed by atoms with Gasteiger partial charge in [-0.05, 0) is 56.6 Å². The first-order valence-corrected chi connectivity index (χ1v) is 10.8. The molecular weight excluding hydrogens is 336 g/mol. The SMILES string of the molecule is CC[C@H](C)CCCN1CCC(NC(=O)C(O)(c2ccccc2)C2CC2)CC1. The maximum Gasteiger partial charge on any atom is 0.257 e. The Bertz CT molecular complexity index is 594. The third-order valence-electron chi connectivity index (χ3n) is 6.52. The average molecular weight is 373 g/mol. The van der Waals surface area contributed by atoms with Gasteiger partial charge in [0.25, 0.3) is 5.91 Å². The number of nitrogens with zero attached hydrogens (tertiary/aromatic N) is 1. The molecule has 1 saturated heterocycles. The van der Waals surface area contributed by atoms with Gasteiger partial charge in [-0.2, -0.15) is 0 Å². The molecule has 1 unspecified atom stereocenters. The van der Waals surface area contributed by atoms with Crippen LogP contribution in [0.25, 0.3) is 0 Å². The van der Waals surface area contributed by atoms with E-state index < -0.39 is 5.60 Å². The molecule has 1 aromatic rings. The highest BCUT2D eigenvalue weighted by molar-refractivity contribution is 5.87. The lowest BCUT2D eigenvalue weighted by atomic mass is 9.87. The number of carbonyl (C=O) groups excluding carboxylic acids is 1.